The molecular weight excluding hydrogens is 369 g/mol. The Balaban J connectivity index is 1.68. The molecule has 0 radical (unpaired) electrons. The van der Waals surface area contributed by atoms with E-state index in [9.17, 15) is 8.78 Å². The van der Waals surface area contributed by atoms with Gasteiger partial charge in [0.15, 0.2) is 5.82 Å². The van der Waals surface area contributed by atoms with Crippen LogP contribution in [-0.2, 0) is 0 Å². The summed E-state index contributed by atoms with van der Waals surface area (Å²) in [5.41, 5.74) is 0.643. The minimum Gasteiger partial charge on any atom is -0.435 e. The number of thioether (sulfide) groups is 1. The molecule has 1 aliphatic rings. The third-order valence-electron chi connectivity index (χ3n) is 3.37. The molecule has 0 bridgehead atoms. The van der Waals surface area contributed by atoms with Crippen molar-refractivity contribution in [2.24, 2.45) is 5.92 Å². The summed E-state index contributed by atoms with van der Waals surface area (Å²) in [7, 11) is 0. The van der Waals surface area contributed by atoms with Crippen LogP contribution in [0.2, 0.25) is 0 Å². The molecule has 1 heterocycles. The lowest BCUT2D eigenvalue weighted by Crippen LogP contribution is -2.12. The first kappa shape index (κ1) is 16.6. The second-order valence-electron chi connectivity index (χ2n) is 5.05. The highest BCUT2D eigenvalue weighted by molar-refractivity contribution is 7.99. The fourth-order valence-electron chi connectivity index (χ4n) is 1.98. The monoisotopic (exact) mass is 380 g/mol. The Morgan fingerprint density at radius 2 is 2.00 bits per heavy atom. The van der Waals surface area contributed by atoms with Crippen molar-refractivity contribution >= 4 is 35.0 Å². The van der Waals surface area contributed by atoms with Crippen LogP contribution in [0.4, 0.5) is 8.78 Å². The molecule has 10 heteroatoms. The van der Waals surface area contributed by atoms with Crippen molar-refractivity contribution in [3.8, 4) is 17.1 Å². The van der Waals surface area contributed by atoms with Gasteiger partial charge in [0.05, 0.1) is 0 Å². The van der Waals surface area contributed by atoms with Gasteiger partial charge < -0.3 is 10.6 Å². The number of hydrogen-bond acceptors (Lipinski definition) is 5. The molecule has 1 aromatic carbocycles. The van der Waals surface area contributed by atoms with Crippen molar-refractivity contribution in [1.82, 2.24) is 14.9 Å². The van der Waals surface area contributed by atoms with E-state index in [1.165, 1.54) is 28.6 Å². The molecule has 3 rings (SSSR count). The maximum atomic E-state index is 12.1. The van der Waals surface area contributed by atoms with Crippen LogP contribution in [0.25, 0.3) is 11.4 Å². The van der Waals surface area contributed by atoms with Crippen LogP contribution in [0.1, 0.15) is 6.42 Å². The van der Waals surface area contributed by atoms with E-state index in [1.807, 2.05) is 0 Å². The number of halogens is 4. The summed E-state index contributed by atoms with van der Waals surface area (Å²) >= 11 is 13.4. The number of nitrogens with two attached hydrogens (primary N) is 1. The number of rotatable bonds is 6. The molecule has 1 atom stereocenters. The van der Waals surface area contributed by atoms with Crippen LogP contribution < -0.4 is 10.6 Å². The van der Waals surface area contributed by atoms with Crippen LogP contribution in [-0.4, -0.2) is 31.6 Å². The molecule has 1 fully saturated rings. The topological polar surface area (TPSA) is 66.0 Å². The van der Waals surface area contributed by atoms with Gasteiger partial charge in [-0.1, -0.05) is 11.8 Å². The van der Waals surface area contributed by atoms with Crippen LogP contribution >= 0.6 is 35.0 Å². The quantitative estimate of drug-likeness (QED) is 0.471. The van der Waals surface area contributed by atoms with Gasteiger partial charge in [-0.25, -0.2) is 4.68 Å². The summed E-state index contributed by atoms with van der Waals surface area (Å²) in [6.07, 6.45) is 0.750. The van der Waals surface area contributed by atoms with Gasteiger partial charge in [0.1, 0.15) is 10.1 Å². The van der Waals surface area contributed by atoms with Gasteiger partial charge in [-0.3, -0.25) is 0 Å². The standard InChI is InChI=1S/C13H12Cl2F2N4OS/c14-13(15)5-8(13)6-23-12-20-19-10(21(12)18)7-1-3-9(4-2-7)22-11(16)17/h1-4,8,11H,5-6,18H2/t8-/m0/s1. The summed E-state index contributed by atoms with van der Waals surface area (Å²) in [4.78, 5) is 0. The highest BCUT2D eigenvalue weighted by Crippen LogP contribution is 2.54. The summed E-state index contributed by atoms with van der Waals surface area (Å²) in [6, 6.07) is 6.01. The summed E-state index contributed by atoms with van der Waals surface area (Å²) in [6.45, 7) is -2.86. The number of alkyl halides is 4. The Morgan fingerprint density at radius 1 is 1.35 bits per heavy atom. The van der Waals surface area contributed by atoms with Crippen LogP contribution in [0, 0.1) is 5.92 Å². The Labute approximate surface area is 145 Å². The molecule has 23 heavy (non-hydrogen) atoms. The van der Waals surface area contributed by atoms with Crippen molar-refractivity contribution in [2.75, 3.05) is 11.6 Å². The maximum Gasteiger partial charge on any atom is 0.387 e. The zero-order valence-corrected chi connectivity index (χ0v) is 14.0. The molecule has 1 aliphatic carbocycles. The van der Waals surface area contributed by atoms with E-state index in [1.54, 1.807) is 12.1 Å². The number of nitrogen functional groups attached to an aromatic ring is 1. The second-order valence-corrected chi connectivity index (χ2v) is 7.58. The largest absolute Gasteiger partial charge is 0.435 e. The first-order chi connectivity index (χ1) is 10.9. The molecule has 2 aromatic rings. The highest BCUT2D eigenvalue weighted by Gasteiger charge is 2.51. The second kappa shape index (κ2) is 6.33. The lowest BCUT2D eigenvalue weighted by Gasteiger charge is -2.06. The SMILES string of the molecule is Nn1c(SC[C@@H]2CC2(Cl)Cl)nnc1-c1ccc(OC(F)F)cc1. The molecule has 1 saturated carbocycles. The molecule has 5 nitrogen and oxygen atoms in total. The van der Waals surface area contributed by atoms with Gasteiger partial charge in [-0.15, -0.1) is 33.4 Å². The Morgan fingerprint density at radius 3 is 2.57 bits per heavy atom. The number of ether oxygens (including phenoxy) is 1. The lowest BCUT2D eigenvalue weighted by atomic mass is 10.2. The van der Waals surface area contributed by atoms with Gasteiger partial charge in [-0.05, 0) is 30.7 Å². The minimum atomic E-state index is -2.86. The van der Waals surface area contributed by atoms with Crippen molar-refractivity contribution in [3.05, 3.63) is 24.3 Å². The van der Waals surface area contributed by atoms with E-state index >= 15 is 0 Å². The Hall–Kier alpha value is -1.25. The van der Waals surface area contributed by atoms with E-state index in [-0.39, 0.29) is 11.7 Å². The van der Waals surface area contributed by atoms with Crippen LogP contribution in [0.3, 0.4) is 0 Å². The molecule has 124 valence electrons. The minimum absolute atomic E-state index is 0.0655. The molecule has 1 aromatic heterocycles. The molecule has 0 spiro atoms. The van der Waals surface area contributed by atoms with Crippen molar-refractivity contribution in [1.29, 1.82) is 0 Å². The lowest BCUT2D eigenvalue weighted by molar-refractivity contribution is -0.0498. The van der Waals surface area contributed by atoms with Gasteiger partial charge in [-0.2, -0.15) is 8.78 Å². The Bertz CT molecular complexity index is 696. The van der Waals surface area contributed by atoms with Crippen molar-refractivity contribution in [2.45, 2.75) is 22.5 Å². The maximum absolute atomic E-state index is 12.1. The normalized spacial score (nSPS) is 19.1. The molecule has 0 amide bonds. The third-order valence-corrected chi connectivity index (χ3v) is 5.40. The van der Waals surface area contributed by atoms with Crippen LogP contribution in [0.5, 0.6) is 5.75 Å². The summed E-state index contributed by atoms with van der Waals surface area (Å²) in [5.74, 6) is 7.38. The number of benzene rings is 1. The number of hydrogen-bond donors (Lipinski definition) is 1. The zero-order valence-electron chi connectivity index (χ0n) is 11.6. The van der Waals surface area contributed by atoms with E-state index in [0.29, 0.717) is 22.3 Å². The third kappa shape index (κ3) is 3.81. The first-order valence-electron chi connectivity index (χ1n) is 6.63. The molecule has 0 saturated heterocycles. The molecule has 0 aliphatic heterocycles. The smallest absolute Gasteiger partial charge is 0.387 e. The summed E-state index contributed by atoms with van der Waals surface area (Å²) in [5, 5.41) is 8.58. The average Bonchev–Trinajstić information content (AvgIpc) is 2.93. The molecule has 0 unspecified atom stereocenters. The average molecular weight is 381 g/mol. The highest BCUT2D eigenvalue weighted by atomic mass is 35.5. The predicted octanol–water partition coefficient (Wildman–Crippen LogP) is 3.55. The first-order valence-corrected chi connectivity index (χ1v) is 8.37. The number of aromatic nitrogens is 3. The van der Waals surface area contributed by atoms with Gasteiger partial charge in [0, 0.05) is 17.2 Å². The van der Waals surface area contributed by atoms with E-state index < -0.39 is 10.9 Å². The van der Waals surface area contributed by atoms with E-state index in [4.69, 9.17) is 29.0 Å². The zero-order chi connectivity index (χ0) is 16.6. The predicted molar refractivity (Wildman–Crippen MR) is 85.5 cm³/mol. The molecule has 2 N–H and O–H groups in total. The number of nitrogens with zero attached hydrogens (tertiary/aromatic N) is 3. The van der Waals surface area contributed by atoms with Gasteiger partial charge in [0.25, 0.3) is 0 Å². The van der Waals surface area contributed by atoms with E-state index in [2.05, 4.69) is 14.9 Å². The molecular formula is C13H12Cl2F2N4OS. The van der Waals surface area contributed by atoms with Gasteiger partial charge in [0.2, 0.25) is 5.16 Å². The Kier molecular flexibility index (Phi) is 4.57. The fourth-order valence-corrected chi connectivity index (χ4v) is 3.77. The van der Waals surface area contributed by atoms with Crippen molar-refractivity contribution < 1.29 is 13.5 Å². The summed E-state index contributed by atoms with van der Waals surface area (Å²) < 4.78 is 29.3. The van der Waals surface area contributed by atoms with Gasteiger partial charge >= 0.3 is 6.61 Å². The van der Waals surface area contributed by atoms with E-state index in [0.717, 1.165) is 6.42 Å². The van der Waals surface area contributed by atoms with Crippen molar-refractivity contribution in [3.63, 3.8) is 0 Å². The van der Waals surface area contributed by atoms with Crippen LogP contribution in [0.15, 0.2) is 29.4 Å². The fraction of sp³-hybridized carbons (Fsp3) is 0.385.